The SMILES string of the molecule is CNCc1cnccc1N(C)C(C)CSC. The van der Waals surface area contributed by atoms with Gasteiger partial charge in [-0.2, -0.15) is 11.8 Å². The number of aromatic nitrogens is 1. The molecule has 1 heterocycles. The van der Waals surface area contributed by atoms with Gasteiger partial charge in [0.25, 0.3) is 0 Å². The Morgan fingerprint density at radius 1 is 1.56 bits per heavy atom. The molecule has 1 aromatic rings. The van der Waals surface area contributed by atoms with Crippen molar-refractivity contribution in [2.45, 2.75) is 19.5 Å². The molecular weight excluding hydrogens is 218 g/mol. The number of hydrogen-bond acceptors (Lipinski definition) is 4. The summed E-state index contributed by atoms with van der Waals surface area (Å²) in [4.78, 5) is 6.50. The van der Waals surface area contributed by atoms with E-state index >= 15 is 0 Å². The highest BCUT2D eigenvalue weighted by Crippen LogP contribution is 2.20. The molecule has 0 aliphatic rings. The maximum absolute atomic E-state index is 4.18. The van der Waals surface area contributed by atoms with Crippen molar-refractivity contribution < 1.29 is 0 Å². The van der Waals surface area contributed by atoms with E-state index in [1.165, 1.54) is 11.3 Å². The average molecular weight is 239 g/mol. The lowest BCUT2D eigenvalue weighted by atomic mass is 10.2. The van der Waals surface area contributed by atoms with Crippen LogP contribution in [0, 0.1) is 0 Å². The molecule has 90 valence electrons. The van der Waals surface area contributed by atoms with Gasteiger partial charge in [-0.25, -0.2) is 0 Å². The van der Waals surface area contributed by atoms with Crippen molar-refractivity contribution in [3.05, 3.63) is 24.0 Å². The number of hydrogen-bond donors (Lipinski definition) is 1. The Bertz CT molecular complexity index is 317. The van der Waals surface area contributed by atoms with Gasteiger partial charge < -0.3 is 10.2 Å². The van der Waals surface area contributed by atoms with Crippen LogP contribution < -0.4 is 10.2 Å². The molecule has 1 aromatic heterocycles. The third kappa shape index (κ3) is 3.39. The Labute approximate surface area is 103 Å². The molecule has 0 saturated carbocycles. The zero-order chi connectivity index (χ0) is 12.0. The fourth-order valence-electron chi connectivity index (χ4n) is 1.68. The lowest BCUT2D eigenvalue weighted by molar-refractivity contribution is 0.745. The van der Waals surface area contributed by atoms with Gasteiger partial charge in [0, 0.05) is 49.0 Å². The van der Waals surface area contributed by atoms with Gasteiger partial charge in [-0.15, -0.1) is 0 Å². The predicted octanol–water partition coefficient (Wildman–Crippen LogP) is 1.99. The number of rotatable bonds is 6. The minimum absolute atomic E-state index is 0.535. The molecule has 1 atom stereocenters. The summed E-state index contributed by atoms with van der Waals surface area (Å²) in [5, 5.41) is 3.18. The fraction of sp³-hybridized carbons (Fsp3) is 0.583. The number of nitrogens with zero attached hydrogens (tertiary/aromatic N) is 2. The van der Waals surface area contributed by atoms with Gasteiger partial charge >= 0.3 is 0 Å². The molecule has 0 amide bonds. The van der Waals surface area contributed by atoms with Crippen LogP contribution in [0.2, 0.25) is 0 Å². The lowest BCUT2D eigenvalue weighted by Crippen LogP contribution is -2.32. The topological polar surface area (TPSA) is 28.2 Å². The second-order valence-electron chi connectivity index (χ2n) is 3.95. The molecule has 0 radical (unpaired) electrons. The smallest absolute Gasteiger partial charge is 0.0442 e. The Kier molecular flexibility index (Phi) is 5.63. The summed E-state index contributed by atoms with van der Waals surface area (Å²) >= 11 is 1.88. The molecule has 1 N–H and O–H groups in total. The molecule has 16 heavy (non-hydrogen) atoms. The highest BCUT2D eigenvalue weighted by molar-refractivity contribution is 7.98. The summed E-state index contributed by atoms with van der Waals surface area (Å²) in [5.41, 5.74) is 2.52. The molecule has 0 fully saturated rings. The van der Waals surface area contributed by atoms with Crippen molar-refractivity contribution in [3.8, 4) is 0 Å². The molecule has 1 rings (SSSR count). The number of anilines is 1. The van der Waals surface area contributed by atoms with Crippen LogP contribution in [0.15, 0.2) is 18.5 Å². The molecule has 0 aromatic carbocycles. The average Bonchev–Trinajstić information content (AvgIpc) is 2.29. The number of nitrogens with one attached hydrogen (secondary N) is 1. The minimum Gasteiger partial charge on any atom is -0.371 e. The maximum atomic E-state index is 4.18. The van der Waals surface area contributed by atoms with E-state index < -0.39 is 0 Å². The third-order valence-corrected chi connectivity index (χ3v) is 3.51. The summed E-state index contributed by atoms with van der Waals surface area (Å²) < 4.78 is 0. The van der Waals surface area contributed by atoms with E-state index in [9.17, 15) is 0 Å². The highest BCUT2D eigenvalue weighted by Gasteiger charge is 2.12. The second-order valence-corrected chi connectivity index (χ2v) is 4.86. The van der Waals surface area contributed by atoms with Crippen LogP contribution >= 0.6 is 11.8 Å². The van der Waals surface area contributed by atoms with Crippen molar-refractivity contribution in [2.24, 2.45) is 0 Å². The van der Waals surface area contributed by atoms with E-state index in [4.69, 9.17) is 0 Å². The van der Waals surface area contributed by atoms with Gasteiger partial charge in [-0.3, -0.25) is 4.98 Å². The van der Waals surface area contributed by atoms with Crippen molar-refractivity contribution in [2.75, 3.05) is 31.0 Å². The van der Waals surface area contributed by atoms with Crippen LogP contribution in [-0.4, -0.2) is 37.1 Å². The summed E-state index contributed by atoms with van der Waals surface area (Å²) in [6.07, 6.45) is 5.94. The Balaban J connectivity index is 2.84. The zero-order valence-electron chi connectivity index (χ0n) is 10.5. The van der Waals surface area contributed by atoms with Crippen LogP contribution in [0.5, 0.6) is 0 Å². The first kappa shape index (κ1) is 13.3. The number of pyridine rings is 1. The van der Waals surface area contributed by atoms with Crippen LogP contribution in [0.25, 0.3) is 0 Å². The van der Waals surface area contributed by atoms with Crippen LogP contribution in [0.3, 0.4) is 0 Å². The fourth-order valence-corrected chi connectivity index (χ4v) is 2.39. The van der Waals surface area contributed by atoms with E-state index in [1.807, 2.05) is 31.2 Å². The molecule has 1 unspecified atom stereocenters. The van der Waals surface area contributed by atoms with Gasteiger partial charge in [0.05, 0.1) is 0 Å². The molecule has 0 bridgehead atoms. The second kappa shape index (κ2) is 6.76. The van der Waals surface area contributed by atoms with Gasteiger partial charge in [-0.05, 0) is 26.3 Å². The van der Waals surface area contributed by atoms with Crippen molar-refractivity contribution in [1.82, 2.24) is 10.3 Å². The summed E-state index contributed by atoms with van der Waals surface area (Å²) in [6.45, 7) is 3.11. The summed E-state index contributed by atoms with van der Waals surface area (Å²) in [7, 11) is 4.11. The Hall–Kier alpha value is -0.740. The van der Waals surface area contributed by atoms with E-state index in [1.54, 1.807) is 0 Å². The summed E-state index contributed by atoms with van der Waals surface area (Å²) in [5.74, 6) is 1.14. The summed E-state index contributed by atoms with van der Waals surface area (Å²) in [6, 6.07) is 2.62. The first-order valence-electron chi connectivity index (χ1n) is 5.50. The zero-order valence-corrected chi connectivity index (χ0v) is 11.3. The Morgan fingerprint density at radius 3 is 2.94 bits per heavy atom. The first-order chi connectivity index (χ1) is 7.70. The molecule has 0 aliphatic heterocycles. The number of thioether (sulfide) groups is 1. The quantitative estimate of drug-likeness (QED) is 0.822. The van der Waals surface area contributed by atoms with E-state index in [2.05, 4.69) is 41.5 Å². The van der Waals surface area contributed by atoms with Gasteiger partial charge in [0.1, 0.15) is 0 Å². The Morgan fingerprint density at radius 2 is 2.31 bits per heavy atom. The minimum atomic E-state index is 0.535. The predicted molar refractivity (Wildman–Crippen MR) is 73.2 cm³/mol. The standard InChI is InChI=1S/C12H21N3S/c1-10(9-16-4)15(3)12-5-6-14-8-11(12)7-13-2/h5-6,8,10,13H,7,9H2,1-4H3. The molecule has 4 heteroatoms. The molecular formula is C12H21N3S. The van der Waals surface area contributed by atoms with Crippen LogP contribution in [0.4, 0.5) is 5.69 Å². The first-order valence-corrected chi connectivity index (χ1v) is 6.89. The molecule has 0 aliphatic carbocycles. The van der Waals surface area contributed by atoms with Crippen molar-refractivity contribution >= 4 is 17.4 Å². The van der Waals surface area contributed by atoms with Crippen LogP contribution in [-0.2, 0) is 6.54 Å². The van der Waals surface area contributed by atoms with E-state index in [0.29, 0.717) is 6.04 Å². The molecule has 0 saturated heterocycles. The van der Waals surface area contributed by atoms with Gasteiger partial charge in [-0.1, -0.05) is 0 Å². The normalized spacial score (nSPS) is 12.5. The maximum Gasteiger partial charge on any atom is 0.0442 e. The van der Waals surface area contributed by atoms with E-state index in [0.717, 1.165) is 12.3 Å². The third-order valence-electron chi connectivity index (χ3n) is 2.69. The van der Waals surface area contributed by atoms with Gasteiger partial charge in [0.2, 0.25) is 0 Å². The van der Waals surface area contributed by atoms with Crippen molar-refractivity contribution in [1.29, 1.82) is 0 Å². The van der Waals surface area contributed by atoms with Crippen LogP contribution in [0.1, 0.15) is 12.5 Å². The van der Waals surface area contributed by atoms with Gasteiger partial charge in [0.15, 0.2) is 0 Å². The van der Waals surface area contributed by atoms with Crippen molar-refractivity contribution in [3.63, 3.8) is 0 Å². The lowest BCUT2D eigenvalue weighted by Gasteiger charge is -2.28. The molecule has 0 spiro atoms. The largest absolute Gasteiger partial charge is 0.371 e. The van der Waals surface area contributed by atoms with E-state index in [-0.39, 0.29) is 0 Å². The highest BCUT2D eigenvalue weighted by atomic mass is 32.2. The monoisotopic (exact) mass is 239 g/mol. The molecule has 3 nitrogen and oxygen atoms in total.